The van der Waals surface area contributed by atoms with Crippen molar-refractivity contribution in [2.75, 3.05) is 0 Å². The molecule has 0 fully saturated rings. The minimum atomic E-state index is 0.368. The van der Waals surface area contributed by atoms with Crippen molar-refractivity contribution in [2.45, 2.75) is 6.42 Å². The largest absolute Gasteiger partial charge is 0.356 e. The molecule has 0 saturated carbocycles. The Labute approximate surface area is 108 Å². The molecule has 3 aromatic rings. The van der Waals surface area contributed by atoms with Crippen LogP contribution >= 0.6 is 0 Å². The fourth-order valence-electron chi connectivity index (χ4n) is 1.68. The first-order valence-electron chi connectivity index (χ1n) is 5.66. The van der Waals surface area contributed by atoms with Gasteiger partial charge in [-0.25, -0.2) is 0 Å². The molecule has 0 radical (unpaired) electrons. The van der Waals surface area contributed by atoms with Crippen LogP contribution in [0.15, 0.2) is 41.2 Å². The third kappa shape index (κ3) is 2.35. The van der Waals surface area contributed by atoms with Crippen LogP contribution < -0.4 is 0 Å². The Balaban J connectivity index is 1.82. The van der Waals surface area contributed by atoms with Crippen LogP contribution in [0.25, 0.3) is 11.6 Å². The van der Waals surface area contributed by atoms with Gasteiger partial charge < -0.3 is 9.51 Å². The van der Waals surface area contributed by atoms with Crippen LogP contribution in [0, 0.1) is 11.3 Å². The molecule has 1 N–H and O–H groups in total. The smallest absolute Gasteiger partial charge is 0.274 e. The molecule has 0 unspecified atom stereocenters. The first kappa shape index (κ1) is 11.2. The molecule has 0 spiro atoms. The van der Waals surface area contributed by atoms with E-state index >= 15 is 0 Å². The van der Waals surface area contributed by atoms with Gasteiger partial charge in [0, 0.05) is 18.1 Å². The lowest BCUT2D eigenvalue weighted by Gasteiger charge is -1.92. The average molecular weight is 251 g/mol. The Morgan fingerprint density at radius 1 is 1.37 bits per heavy atom. The van der Waals surface area contributed by atoms with Gasteiger partial charge in [-0.15, -0.1) is 0 Å². The van der Waals surface area contributed by atoms with Crippen molar-refractivity contribution >= 4 is 0 Å². The molecule has 3 heterocycles. The Morgan fingerprint density at radius 3 is 3.05 bits per heavy atom. The molecule has 19 heavy (non-hydrogen) atoms. The monoisotopic (exact) mass is 251 g/mol. The van der Waals surface area contributed by atoms with Crippen molar-refractivity contribution < 1.29 is 4.52 Å². The number of H-pyrrole nitrogens is 1. The van der Waals surface area contributed by atoms with Crippen LogP contribution in [0.2, 0.25) is 0 Å². The summed E-state index contributed by atoms with van der Waals surface area (Å²) in [6.07, 6.45) is 3.83. The summed E-state index contributed by atoms with van der Waals surface area (Å²) < 4.78 is 5.15. The fourth-order valence-corrected chi connectivity index (χ4v) is 1.68. The number of nitriles is 1. The van der Waals surface area contributed by atoms with Gasteiger partial charge in [0.1, 0.15) is 11.8 Å². The summed E-state index contributed by atoms with van der Waals surface area (Å²) in [5.74, 6) is 0.925. The van der Waals surface area contributed by atoms with E-state index < -0.39 is 0 Å². The first-order chi connectivity index (χ1) is 9.35. The second-order valence-corrected chi connectivity index (χ2v) is 3.93. The molecule has 3 aromatic heterocycles. The number of rotatable bonds is 3. The number of hydrogen-bond acceptors (Lipinski definition) is 5. The van der Waals surface area contributed by atoms with Gasteiger partial charge in [0.05, 0.1) is 12.0 Å². The van der Waals surface area contributed by atoms with Crippen LogP contribution in [0.4, 0.5) is 0 Å². The molecule has 0 aromatic carbocycles. The molecule has 0 saturated heterocycles. The molecule has 0 aliphatic carbocycles. The van der Waals surface area contributed by atoms with Crippen LogP contribution in [0.1, 0.15) is 17.1 Å². The summed E-state index contributed by atoms with van der Waals surface area (Å²) >= 11 is 0. The molecule has 92 valence electrons. The predicted molar refractivity (Wildman–Crippen MR) is 65.8 cm³/mol. The molecule has 0 bridgehead atoms. The average Bonchev–Trinajstić information content (AvgIpc) is 3.08. The zero-order valence-electron chi connectivity index (χ0n) is 9.87. The summed E-state index contributed by atoms with van der Waals surface area (Å²) in [6.45, 7) is 0. The van der Waals surface area contributed by atoms with Gasteiger partial charge >= 0.3 is 0 Å². The number of nitrogens with zero attached hydrogens (tertiary/aromatic N) is 4. The van der Waals surface area contributed by atoms with E-state index in [4.69, 9.17) is 9.78 Å². The standard InChI is InChI=1S/C13H9N5O/c14-7-9-5-11(16-8-9)13-17-12(18-19-13)6-10-3-1-2-4-15-10/h1-5,8,16H,6H2. The highest BCUT2D eigenvalue weighted by Gasteiger charge is 2.11. The number of aromatic amines is 1. The molecule has 0 amide bonds. The summed E-state index contributed by atoms with van der Waals surface area (Å²) in [7, 11) is 0. The van der Waals surface area contributed by atoms with Crippen molar-refractivity contribution in [3.8, 4) is 17.7 Å². The van der Waals surface area contributed by atoms with Gasteiger partial charge in [0.15, 0.2) is 5.82 Å². The van der Waals surface area contributed by atoms with Crippen LogP contribution in [0.3, 0.4) is 0 Å². The zero-order chi connectivity index (χ0) is 13.1. The molecule has 0 atom stereocenters. The van der Waals surface area contributed by atoms with Crippen LogP contribution in [-0.4, -0.2) is 20.1 Å². The molecule has 6 nitrogen and oxygen atoms in total. The highest BCUT2D eigenvalue weighted by atomic mass is 16.5. The third-order valence-corrected chi connectivity index (χ3v) is 2.58. The molecule has 0 aliphatic rings. The van der Waals surface area contributed by atoms with Crippen LogP contribution in [-0.2, 0) is 6.42 Å². The highest BCUT2D eigenvalue weighted by Crippen LogP contribution is 2.17. The van der Waals surface area contributed by atoms with Crippen molar-refractivity contribution in [2.24, 2.45) is 0 Å². The molecular weight excluding hydrogens is 242 g/mol. The van der Waals surface area contributed by atoms with Gasteiger partial charge in [-0.3, -0.25) is 4.98 Å². The normalized spacial score (nSPS) is 10.3. The van der Waals surface area contributed by atoms with Crippen molar-refractivity contribution in [3.05, 3.63) is 53.7 Å². The lowest BCUT2D eigenvalue weighted by Crippen LogP contribution is -1.93. The SMILES string of the molecule is N#Cc1c[nH]c(-c2nc(Cc3ccccn3)no2)c1. The van der Waals surface area contributed by atoms with Gasteiger partial charge in [-0.05, 0) is 18.2 Å². The van der Waals surface area contributed by atoms with E-state index in [9.17, 15) is 0 Å². The van der Waals surface area contributed by atoms with E-state index in [1.807, 2.05) is 24.3 Å². The maximum Gasteiger partial charge on any atom is 0.274 e. The molecule has 3 rings (SSSR count). The van der Waals surface area contributed by atoms with E-state index in [0.29, 0.717) is 29.4 Å². The quantitative estimate of drug-likeness (QED) is 0.767. The summed E-state index contributed by atoms with van der Waals surface area (Å²) in [6, 6.07) is 9.36. The third-order valence-electron chi connectivity index (χ3n) is 2.58. The van der Waals surface area contributed by atoms with Gasteiger partial charge in [-0.2, -0.15) is 10.2 Å². The molecule has 6 heteroatoms. The zero-order valence-corrected chi connectivity index (χ0v) is 9.87. The summed E-state index contributed by atoms with van der Waals surface area (Å²) in [4.78, 5) is 11.4. The molecule has 0 aliphatic heterocycles. The Bertz CT molecular complexity index is 723. The van der Waals surface area contributed by atoms with Crippen molar-refractivity contribution in [1.82, 2.24) is 20.1 Å². The lowest BCUT2D eigenvalue weighted by atomic mass is 10.2. The maximum atomic E-state index is 8.75. The number of hydrogen-bond donors (Lipinski definition) is 1. The maximum absolute atomic E-state index is 8.75. The highest BCUT2D eigenvalue weighted by molar-refractivity contribution is 5.51. The van der Waals surface area contributed by atoms with E-state index in [2.05, 4.69) is 20.1 Å². The minimum absolute atomic E-state index is 0.368. The van der Waals surface area contributed by atoms with E-state index in [0.717, 1.165) is 5.69 Å². The first-order valence-corrected chi connectivity index (χ1v) is 5.66. The Hall–Kier alpha value is -2.94. The van der Waals surface area contributed by atoms with Gasteiger partial charge in [0.2, 0.25) is 0 Å². The lowest BCUT2D eigenvalue weighted by molar-refractivity contribution is 0.422. The van der Waals surface area contributed by atoms with E-state index in [-0.39, 0.29) is 0 Å². The van der Waals surface area contributed by atoms with Crippen LogP contribution in [0.5, 0.6) is 0 Å². The van der Waals surface area contributed by atoms with Crippen molar-refractivity contribution in [3.63, 3.8) is 0 Å². The molecular formula is C13H9N5O. The van der Waals surface area contributed by atoms with Gasteiger partial charge in [0.25, 0.3) is 5.89 Å². The summed E-state index contributed by atoms with van der Waals surface area (Å²) in [5.41, 5.74) is 2.04. The van der Waals surface area contributed by atoms with Crippen molar-refractivity contribution in [1.29, 1.82) is 5.26 Å². The second-order valence-electron chi connectivity index (χ2n) is 3.93. The second kappa shape index (κ2) is 4.74. The number of aromatic nitrogens is 4. The summed E-state index contributed by atoms with van der Waals surface area (Å²) in [5, 5.41) is 12.6. The predicted octanol–water partition coefficient (Wildman–Crippen LogP) is 1.92. The number of pyridine rings is 1. The topological polar surface area (TPSA) is 91.4 Å². The minimum Gasteiger partial charge on any atom is -0.356 e. The fraction of sp³-hybridized carbons (Fsp3) is 0.0769. The van der Waals surface area contributed by atoms with E-state index in [1.165, 1.54) is 0 Å². The Morgan fingerprint density at radius 2 is 2.32 bits per heavy atom. The van der Waals surface area contributed by atoms with E-state index in [1.54, 1.807) is 18.5 Å². The Kier molecular flexibility index (Phi) is 2.79. The number of nitrogens with one attached hydrogen (secondary N) is 1. The van der Waals surface area contributed by atoms with Gasteiger partial charge in [-0.1, -0.05) is 11.2 Å².